The lowest BCUT2D eigenvalue weighted by atomic mass is 9.96. The van der Waals surface area contributed by atoms with E-state index < -0.39 is 18.0 Å². The predicted octanol–water partition coefficient (Wildman–Crippen LogP) is 5.86. The molecule has 1 aliphatic carbocycles. The standard InChI is InChI=1S/C30H32F2N8/c1-18-7-5-6-8-22(18)27(24-16-40(39-38-24)30(9-10-30)28(31)32)37-21-11-19(13-33)25-23(12-21)26(20(14-34)15-35-25)36-17-29(2,3)4/h5-8,11-12,15-16,27-28,37-39H,9-10,17H2,1-4H3,(H,35,36)/t27-/m0/s1. The molecular weight excluding hydrogens is 510 g/mol. The number of hydrogen-bond donors (Lipinski definition) is 4. The van der Waals surface area contributed by atoms with Gasteiger partial charge in [-0.25, -0.2) is 8.78 Å². The molecule has 0 saturated heterocycles. The Balaban J connectivity index is 1.60. The van der Waals surface area contributed by atoms with Gasteiger partial charge in [0.25, 0.3) is 6.43 Å². The molecule has 40 heavy (non-hydrogen) atoms. The van der Waals surface area contributed by atoms with Crippen LogP contribution in [-0.2, 0) is 0 Å². The Morgan fingerprint density at radius 3 is 2.48 bits per heavy atom. The molecule has 206 valence electrons. The fraction of sp³-hybridized carbons (Fsp3) is 0.367. The number of hydrogen-bond acceptors (Lipinski definition) is 8. The van der Waals surface area contributed by atoms with Gasteiger partial charge in [-0.3, -0.25) is 9.99 Å². The molecule has 1 saturated carbocycles. The molecule has 0 bridgehead atoms. The lowest BCUT2D eigenvalue weighted by Gasteiger charge is -2.25. The van der Waals surface area contributed by atoms with Crippen LogP contribution in [0.3, 0.4) is 0 Å². The Morgan fingerprint density at radius 1 is 1.12 bits per heavy atom. The third-order valence-electron chi connectivity index (χ3n) is 7.37. The summed E-state index contributed by atoms with van der Waals surface area (Å²) in [5.74, 6) is 0. The van der Waals surface area contributed by atoms with Crippen molar-refractivity contribution in [2.75, 3.05) is 17.2 Å². The Hall–Kier alpha value is -4.41. The number of halogens is 2. The first-order valence-electron chi connectivity index (χ1n) is 13.2. The topological polar surface area (TPSA) is 112 Å². The molecule has 0 amide bonds. The van der Waals surface area contributed by atoms with E-state index in [9.17, 15) is 19.3 Å². The molecule has 1 fully saturated rings. The number of benzene rings is 2. The summed E-state index contributed by atoms with van der Waals surface area (Å²) in [5, 5.41) is 28.9. The maximum atomic E-state index is 13.8. The van der Waals surface area contributed by atoms with Crippen LogP contribution >= 0.6 is 0 Å². The monoisotopic (exact) mass is 542 g/mol. The van der Waals surface area contributed by atoms with E-state index in [0.29, 0.717) is 58.5 Å². The first-order valence-corrected chi connectivity index (χ1v) is 13.2. The Morgan fingerprint density at radius 2 is 1.85 bits per heavy atom. The van der Waals surface area contributed by atoms with E-state index in [1.165, 1.54) is 11.2 Å². The molecule has 3 aromatic rings. The van der Waals surface area contributed by atoms with Gasteiger partial charge in [-0.2, -0.15) is 10.5 Å². The van der Waals surface area contributed by atoms with E-state index in [4.69, 9.17) is 0 Å². The van der Waals surface area contributed by atoms with Gasteiger partial charge in [0.1, 0.15) is 17.7 Å². The second-order valence-corrected chi connectivity index (χ2v) is 11.6. The number of alkyl halides is 2. The molecule has 5 rings (SSSR count). The minimum absolute atomic E-state index is 0.0528. The van der Waals surface area contributed by atoms with Crippen LogP contribution in [0.25, 0.3) is 10.9 Å². The third-order valence-corrected chi connectivity index (χ3v) is 7.37. The van der Waals surface area contributed by atoms with Crippen molar-refractivity contribution in [1.29, 1.82) is 10.5 Å². The van der Waals surface area contributed by atoms with Crippen LogP contribution in [0.5, 0.6) is 0 Å². The van der Waals surface area contributed by atoms with E-state index in [1.54, 1.807) is 12.3 Å². The van der Waals surface area contributed by atoms with E-state index in [1.807, 2.05) is 37.3 Å². The summed E-state index contributed by atoms with van der Waals surface area (Å²) in [6.45, 7) is 8.88. The molecule has 0 radical (unpaired) electrons. The SMILES string of the molecule is Cc1ccccc1[C@H](Nc1cc(C#N)c2ncc(C#N)c(NCC(C)(C)C)c2c1)C1=CN(C2(C(F)F)CC2)NN1. The number of anilines is 2. The molecule has 1 aliphatic heterocycles. The summed E-state index contributed by atoms with van der Waals surface area (Å²) in [7, 11) is 0. The van der Waals surface area contributed by atoms with Crippen LogP contribution in [0, 0.1) is 35.0 Å². The van der Waals surface area contributed by atoms with Crippen molar-refractivity contribution in [3.63, 3.8) is 0 Å². The molecule has 10 heteroatoms. The van der Waals surface area contributed by atoms with Gasteiger partial charge >= 0.3 is 0 Å². The number of nitrogens with zero attached hydrogens (tertiary/aromatic N) is 4. The molecule has 1 aromatic heterocycles. The molecule has 4 N–H and O–H groups in total. The number of fused-ring (bicyclic) bond motifs is 1. The molecule has 8 nitrogen and oxygen atoms in total. The summed E-state index contributed by atoms with van der Waals surface area (Å²) in [5.41, 5.74) is 9.85. The van der Waals surface area contributed by atoms with Gasteiger partial charge < -0.3 is 16.1 Å². The number of rotatable bonds is 8. The smallest absolute Gasteiger partial charge is 0.262 e. The summed E-state index contributed by atoms with van der Waals surface area (Å²) >= 11 is 0. The first kappa shape index (κ1) is 27.2. The highest BCUT2D eigenvalue weighted by Crippen LogP contribution is 2.47. The maximum Gasteiger partial charge on any atom is 0.262 e. The number of pyridine rings is 1. The van der Waals surface area contributed by atoms with Crippen LogP contribution in [0.15, 0.2) is 54.5 Å². The van der Waals surface area contributed by atoms with E-state index >= 15 is 0 Å². The minimum Gasteiger partial charge on any atom is -0.383 e. The maximum absolute atomic E-state index is 13.8. The van der Waals surface area contributed by atoms with Gasteiger partial charge in [0.2, 0.25) is 0 Å². The largest absolute Gasteiger partial charge is 0.383 e. The van der Waals surface area contributed by atoms with Crippen molar-refractivity contribution in [3.8, 4) is 12.1 Å². The van der Waals surface area contributed by atoms with Gasteiger partial charge in [-0.15, -0.1) is 5.53 Å². The fourth-order valence-electron chi connectivity index (χ4n) is 4.91. The minimum atomic E-state index is -2.48. The number of aromatic nitrogens is 1. The fourth-order valence-corrected chi connectivity index (χ4v) is 4.91. The average molecular weight is 543 g/mol. The van der Waals surface area contributed by atoms with Crippen molar-refractivity contribution in [1.82, 2.24) is 21.0 Å². The van der Waals surface area contributed by atoms with E-state index in [0.717, 1.165) is 11.1 Å². The Bertz CT molecular complexity index is 1560. The zero-order valence-electron chi connectivity index (χ0n) is 22.9. The van der Waals surface area contributed by atoms with Crippen molar-refractivity contribution in [3.05, 3.63) is 76.7 Å². The molecule has 2 heterocycles. The van der Waals surface area contributed by atoms with Crippen molar-refractivity contribution in [2.45, 2.75) is 58.5 Å². The zero-order chi connectivity index (χ0) is 28.7. The first-order chi connectivity index (χ1) is 19.1. The second kappa shape index (κ2) is 10.3. The number of nitriles is 2. The van der Waals surface area contributed by atoms with E-state index in [-0.39, 0.29) is 5.41 Å². The Labute approximate surface area is 232 Å². The number of hydrazine groups is 2. The molecule has 2 aromatic carbocycles. The zero-order valence-corrected chi connectivity index (χ0v) is 22.9. The van der Waals surface area contributed by atoms with Gasteiger partial charge in [0.15, 0.2) is 0 Å². The van der Waals surface area contributed by atoms with Gasteiger partial charge in [0, 0.05) is 30.0 Å². The normalized spacial score (nSPS) is 16.6. The molecule has 1 atom stereocenters. The quantitative estimate of drug-likeness (QED) is 0.280. The highest BCUT2D eigenvalue weighted by Gasteiger charge is 2.56. The summed E-state index contributed by atoms with van der Waals surface area (Å²) in [6.07, 6.45) is 1.51. The lowest BCUT2D eigenvalue weighted by molar-refractivity contribution is 0.00911. The van der Waals surface area contributed by atoms with Crippen LogP contribution < -0.4 is 21.6 Å². The highest BCUT2D eigenvalue weighted by atomic mass is 19.3. The molecule has 0 unspecified atom stereocenters. The highest BCUT2D eigenvalue weighted by molar-refractivity contribution is 5.99. The van der Waals surface area contributed by atoms with Crippen molar-refractivity contribution >= 4 is 22.3 Å². The summed E-state index contributed by atoms with van der Waals surface area (Å²) in [6, 6.07) is 15.5. The lowest BCUT2D eigenvalue weighted by Crippen LogP contribution is -2.48. The average Bonchev–Trinajstić information content (AvgIpc) is 3.60. The summed E-state index contributed by atoms with van der Waals surface area (Å²) in [4.78, 5) is 4.43. The number of aryl methyl sites for hydroxylation is 1. The van der Waals surface area contributed by atoms with Gasteiger partial charge in [-0.05, 0) is 48.4 Å². The van der Waals surface area contributed by atoms with E-state index in [2.05, 4.69) is 59.5 Å². The van der Waals surface area contributed by atoms with Crippen molar-refractivity contribution < 1.29 is 8.78 Å². The summed E-state index contributed by atoms with van der Waals surface area (Å²) < 4.78 is 27.7. The molecule has 0 spiro atoms. The van der Waals surface area contributed by atoms with Crippen LogP contribution in [-0.4, -0.2) is 28.5 Å². The third kappa shape index (κ3) is 5.11. The van der Waals surface area contributed by atoms with Crippen molar-refractivity contribution in [2.24, 2.45) is 5.41 Å². The molecular formula is C30H32F2N8. The molecule has 2 aliphatic rings. The van der Waals surface area contributed by atoms with Crippen LogP contribution in [0.1, 0.15) is 61.9 Å². The number of nitrogens with one attached hydrogen (secondary N) is 4. The predicted molar refractivity (Wildman–Crippen MR) is 151 cm³/mol. The second-order valence-electron chi connectivity index (χ2n) is 11.6. The van der Waals surface area contributed by atoms with Crippen LogP contribution in [0.2, 0.25) is 0 Å². The van der Waals surface area contributed by atoms with Crippen LogP contribution in [0.4, 0.5) is 20.2 Å². The Kier molecular flexibility index (Phi) is 6.99. The van der Waals surface area contributed by atoms with Gasteiger partial charge in [0.05, 0.1) is 34.1 Å². The van der Waals surface area contributed by atoms with Gasteiger partial charge in [-0.1, -0.05) is 45.0 Å².